The lowest BCUT2D eigenvalue weighted by Gasteiger charge is -2.17. The molecule has 0 N–H and O–H groups in total. The van der Waals surface area contributed by atoms with Crippen molar-refractivity contribution >= 4 is 17.0 Å². The molecule has 0 aliphatic carbocycles. The summed E-state index contributed by atoms with van der Waals surface area (Å²) in [7, 11) is 2.13. The Hall–Kier alpha value is -1.35. The van der Waals surface area contributed by atoms with E-state index in [2.05, 4.69) is 63.9 Å². The Labute approximate surface area is 126 Å². The van der Waals surface area contributed by atoms with Crippen molar-refractivity contribution in [3.8, 4) is 11.3 Å². The second-order valence-electron chi connectivity index (χ2n) is 5.40. The Bertz CT molecular complexity index is 572. The van der Waals surface area contributed by atoms with E-state index in [0.29, 0.717) is 5.92 Å². The lowest BCUT2D eigenvalue weighted by Crippen LogP contribution is -2.15. The van der Waals surface area contributed by atoms with Gasteiger partial charge in [-0.1, -0.05) is 32.9 Å². The SMILES string of the molecule is CCc1sc(C(C)C)nc1-c1cccc(N(C)CC)c1. The molecule has 1 heterocycles. The predicted octanol–water partition coefficient (Wildman–Crippen LogP) is 4.95. The monoisotopic (exact) mass is 288 g/mol. The van der Waals surface area contributed by atoms with Crippen LogP contribution in [0, 0.1) is 0 Å². The maximum absolute atomic E-state index is 4.88. The molecule has 0 spiro atoms. The van der Waals surface area contributed by atoms with Crippen LogP contribution >= 0.6 is 11.3 Å². The van der Waals surface area contributed by atoms with Crippen LogP contribution in [0.5, 0.6) is 0 Å². The molecule has 20 heavy (non-hydrogen) atoms. The fraction of sp³-hybridized carbons (Fsp3) is 0.471. The summed E-state index contributed by atoms with van der Waals surface area (Å²) in [5.74, 6) is 0.501. The summed E-state index contributed by atoms with van der Waals surface area (Å²) < 4.78 is 0. The summed E-state index contributed by atoms with van der Waals surface area (Å²) >= 11 is 1.86. The van der Waals surface area contributed by atoms with Gasteiger partial charge in [0.15, 0.2) is 0 Å². The van der Waals surface area contributed by atoms with Gasteiger partial charge in [-0.3, -0.25) is 0 Å². The molecule has 108 valence electrons. The van der Waals surface area contributed by atoms with Crippen molar-refractivity contribution in [1.82, 2.24) is 4.98 Å². The van der Waals surface area contributed by atoms with Crippen LogP contribution < -0.4 is 4.90 Å². The predicted molar refractivity (Wildman–Crippen MR) is 90.0 cm³/mol. The average Bonchev–Trinajstić information content (AvgIpc) is 2.91. The molecule has 2 nitrogen and oxygen atoms in total. The van der Waals surface area contributed by atoms with E-state index in [4.69, 9.17) is 4.98 Å². The van der Waals surface area contributed by atoms with E-state index in [1.54, 1.807) is 0 Å². The van der Waals surface area contributed by atoms with E-state index in [1.807, 2.05) is 11.3 Å². The first-order valence-electron chi connectivity index (χ1n) is 7.38. The number of hydrogen-bond donors (Lipinski definition) is 0. The molecule has 0 unspecified atom stereocenters. The van der Waals surface area contributed by atoms with E-state index in [0.717, 1.165) is 13.0 Å². The number of benzene rings is 1. The normalized spacial score (nSPS) is 11.1. The van der Waals surface area contributed by atoms with Gasteiger partial charge in [-0.2, -0.15) is 0 Å². The molecule has 0 aliphatic heterocycles. The van der Waals surface area contributed by atoms with E-state index >= 15 is 0 Å². The van der Waals surface area contributed by atoms with Gasteiger partial charge in [0.25, 0.3) is 0 Å². The fourth-order valence-corrected chi connectivity index (χ4v) is 3.18. The lowest BCUT2D eigenvalue weighted by atomic mass is 10.1. The maximum atomic E-state index is 4.88. The molecule has 2 aromatic rings. The summed E-state index contributed by atoms with van der Waals surface area (Å²) in [5.41, 5.74) is 3.67. The quantitative estimate of drug-likeness (QED) is 0.773. The van der Waals surface area contributed by atoms with Gasteiger partial charge in [0, 0.05) is 35.6 Å². The van der Waals surface area contributed by atoms with E-state index in [9.17, 15) is 0 Å². The molecule has 2 rings (SSSR count). The topological polar surface area (TPSA) is 16.1 Å². The molecule has 0 atom stereocenters. The van der Waals surface area contributed by atoms with Gasteiger partial charge >= 0.3 is 0 Å². The summed E-state index contributed by atoms with van der Waals surface area (Å²) in [4.78, 5) is 8.53. The van der Waals surface area contributed by atoms with Gasteiger partial charge < -0.3 is 4.90 Å². The van der Waals surface area contributed by atoms with Gasteiger partial charge in [0.05, 0.1) is 10.7 Å². The lowest BCUT2D eigenvalue weighted by molar-refractivity contribution is 0.853. The summed E-state index contributed by atoms with van der Waals surface area (Å²) in [6.07, 6.45) is 1.05. The molecule has 1 aromatic heterocycles. The number of rotatable bonds is 5. The zero-order chi connectivity index (χ0) is 14.7. The third-order valence-corrected chi connectivity index (χ3v) is 5.06. The highest BCUT2D eigenvalue weighted by Gasteiger charge is 2.14. The van der Waals surface area contributed by atoms with Crippen LogP contribution in [0.1, 0.15) is 43.5 Å². The number of aromatic nitrogens is 1. The molecular weight excluding hydrogens is 264 g/mol. The van der Waals surface area contributed by atoms with Gasteiger partial charge in [-0.15, -0.1) is 11.3 Å². The van der Waals surface area contributed by atoms with Crippen molar-refractivity contribution in [2.24, 2.45) is 0 Å². The first-order valence-corrected chi connectivity index (χ1v) is 8.19. The molecule has 1 aromatic carbocycles. The molecule has 0 bridgehead atoms. The zero-order valence-corrected chi connectivity index (χ0v) is 13.9. The van der Waals surface area contributed by atoms with Crippen molar-refractivity contribution in [3.63, 3.8) is 0 Å². The Morgan fingerprint density at radius 1 is 1.25 bits per heavy atom. The number of hydrogen-bond acceptors (Lipinski definition) is 3. The molecular formula is C17H24N2S. The average molecular weight is 288 g/mol. The minimum absolute atomic E-state index is 0.501. The van der Waals surface area contributed by atoms with Crippen molar-refractivity contribution in [3.05, 3.63) is 34.2 Å². The third-order valence-electron chi connectivity index (χ3n) is 3.56. The number of anilines is 1. The van der Waals surface area contributed by atoms with Gasteiger partial charge in [-0.05, 0) is 25.5 Å². The second kappa shape index (κ2) is 6.40. The zero-order valence-electron chi connectivity index (χ0n) is 13.1. The number of nitrogens with zero attached hydrogens (tertiary/aromatic N) is 2. The van der Waals surface area contributed by atoms with Crippen LogP contribution in [0.25, 0.3) is 11.3 Å². The highest BCUT2D eigenvalue weighted by Crippen LogP contribution is 2.33. The number of aryl methyl sites for hydroxylation is 1. The molecule has 0 fully saturated rings. The fourth-order valence-electron chi connectivity index (χ4n) is 2.16. The standard InChI is InChI=1S/C17H24N2S/c1-6-15-16(18-17(20-15)12(3)4)13-9-8-10-14(11-13)19(5)7-2/h8-12H,6-7H2,1-5H3. The first kappa shape index (κ1) is 15.0. The van der Waals surface area contributed by atoms with Crippen molar-refractivity contribution < 1.29 is 0 Å². The van der Waals surface area contributed by atoms with Crippen LogP contribution in [0.3, 0.4) is 0 Å². The largest absolute Gasteiger partial charge is 0.375 e. The van der Waals surface area contributed by atoms with E-state index < -0.39 is 0 Å². The molecule has 3 heteroatoms. The minimum atomic E-state index is 0.501. The van der Waals surface area contributed by atoms with Gasteiger partial charge in [-0.25, -0.2) is 4.98 Å². The molecule has 0 amide bonds. The molecule has 0 saturated heterocycles. The second-order valence-corrected chi connectivity index (χ2v) is 6.51. The van der Waals surface area contributed by atoms with Crippen LogP contribution in [0.15, 0.2) is 24.3 Å². The number of thiazole rings is 1. The minimum Gasteiger partial charge on any atom is -0.375 e. The molecule has 0 radical (unpaired) electrons. The Morgan fingerprint density at radius 3 is 2.60 bits per heavy atom. The highest BCUT2D eigenvalue weighted by molar-refractivity contribution is 7.12. The highest BCUT2D eigenvalue weighted by atomic mass is 32.1. The maximum Gasteiger partial charge on any atom is 0.0960 e. The van der Waals surface area contributed by atoms with Crippen LogP contribution in [0.4, 0.5) is 5.69 Å². The van der Waals surface area contributed by atoms with Gasteiger partial charge in [0.2, 0.25) is 0 Å². The van der Waals surface area contributed by atoms with Crippen molar-refractivity contribution in [2.45, 2.75) is 40.0 Å². The van der Waals surface area contributed by atoms with E-state index in [-0.39, 0.29) is 0 Å². The first-order chi connectivity index (χ1) is 9.56. The van der Waals surface area contributed by atoms with Crippen LogP contribution in [-0.4, -0.2) is 18.6 Å². The molecule has 0 saturated carbocycles. The summed E-state index contributed by atoms with van der Waals surface area (Å²) in [5, 5.41) is 1.24. The van der Waals surface area contributed by atoms with Crippen molar-refractivity contribution in [1.29, 1.82) is 0 Å². The van der Waals surface area contributed by atoms with Crippen molar-refractivity contribution in [2.75, 3.05) is 18.5 Å². The van der Waals surface area contributed by atoms with Crippen LogP contribution in [0.2, 0.25) is 0 Å². The van der Waals surface area contributed by atoms with E-state index in [1.165, 1.54) is 26.8 Å². The smallest absolute Gasteiger partial charge is 0.0960 e. The third kappa shape index (κ3) is 3.04. The summed E-state index contributed by atoms with van der Waals surface area (Å²) in [6.45, 7) is 9.82. The summed E-state index contributed by atoms with van der Waals surface area (Å²) in [6, 6.07) is 8.71. The Morgan fingerprint density at radius 2 is 2.00 bits per heavy atom. The Balaban J connectivity index is 2.45. The van der Waals surface area contributed by atoms with Crippen LogP contribution in [-0.2, 0) is 6.42 Å². The molecule has 0 aliphatic rings. The van der Waals surface area contributed by atoms with Gasteiger partial charge in [0.1, 0.15) is 0 Å². The Kier molecular flexibility index (Phi) is 4.81.